The number of halogens is 3. The van der Waals surface area contributed by atoms with Crippen LogP contribution in [0.4, 0.5) is 14.5 Å². The Balaban J connectivity index is 3.10. The lowest BCUT2D eigenvalue weighted by molar-refractivity contribution is -0.149. The third kappa shape index (κ3) is 3.75. The lowest BCUT2D eigenvalue weighted by Crippen LogP contribution is -2.39. The van der Waals surface area contributed by atoms with Crippen molar-refractivity contribution in [2.45, 2.75) is 20.8 Å². The smallest absolute Gasteiger partial charge is 0.316 e. The third-order valence-electron chi connectivity index (χ3n) is 2.63. The van der Waals surface area contributed by atoms with Crippen LogP contribution in [-0.2, 0) is 9.59 Å². The molecule has 1 unspecified atom stereocenters. The van der Waals surface area contributed by atoms with Gasteiger partial charge >= 0.3 is 5.97 Å². The first-order valence-corrected chi connectivity index (χ1v) is 6.51. The van der Waals surface area contributed by atoms with E-state index in [1.807, 2.05) is 0 Å². The van der Waals surface area contributed by atoms with Crippen molar-refractivity contribution in [1.29, 1.82) is 0 Å². The predicted molar refractivity (Wildman–Crippen MR) is 73.3 cm³/mol. The molecule has 0 radical (unpaired) electrons. The molecule has 0 aliphatic carbocycles. The van der Waals surface area contributed by atoms with Crippen molar-refractivity contribution in [3.8, 4) is 0 Å². The fourth-order valence-corrected chi connectivity index (χ4v) is 2.24. The van der Waals surface area contributed by atoms with Crippen LogP contribution in [0, 0.1) is 23.0 Å². The molecule has 0 aliphatic rings. The zero-order valence-corrected chi connectivity index (χ0v) is 12.7. The molecule has 0 heterocycles. The van der Waals surface area contributed by atoms with Gasteiger partial charge < -0.3 is 10.4 Å². The van der Waals surface area contributed by atoms with Crippen LogP contribution in [-0.4, -0.2) is 17.0 Å². The van der Waals surface area contributed by atoms with E-state index < -0.39 is 34.8 Å². The molecule has 0 bridgehead atoms. The van der Waals surface area contributed by atoms with Gasteiger partial charge in [0.25, 0.3) is 0 Å². The Hall–Kier alpha value is -1.50. The van der Waals surface area contributed by atoms with Crippen molar-refractivity contribution < 1.29 is 23.5 Å². The minimum atomic E-state index is -1.36. The van der Waals surface area contributed by atoms with Gasteiger partial charge in [0.2, 0.25) is 5.91 Å². The molecule has 0 saturated carbocycles. The Morgan fingerprint density at radius 2 is 1.85 bits per heavy atom. The van der Waals surface area contributed by atoms with Gasteiger partial charge in [0, 0.05) is 10.5 Å². The molecule has 4 nitrogen and oxygen atoms in total. The molecule has 1 aromatic carbocycles. The molecule has 0 saturated heterocycles. The number of hydrogen-bond acceptors (Lipinski definition) is 2. The number of carboxylic acid groups (broad SMARTS) is 1. The first kappa shape index (κ1) is 16.6. The van der Waals surface area contributed by atoms with Crippen molar-refractivity contribution in [3.05, 3.63) is 28.2 Å². The van der Waals surface area contributed by atoms with E-state index in [1.54, 1.807) is 20.8 Å². The van der Waals surface area contributed by atoms with Crippen LogP contribution in [0.5, 0.6) is 0 Å². The molecule has 0 aliphatic heterocycles. The molecule has 110 valence electrons. The summed E-state index contributed by atoms with van der Waals surface area (Å²) < 4.78 is 26.5. The fourth-order valence-electron chi connectivity index (χ4n) is 1.73. The topological polar surface area (TPSA) is 66.4 Å². The van der Waals surface area contributed by atoms with E-state index >= 15 is 0 Å². The Kier molecular flexibility index (Phi) is 4.86. The number of nitrogens with one attached hydrogen (secondary N) is 1. The number of hydrogen-bond donors (Lipinski definition) is 2. The van der Waals surface area contributed by atoms with Gasteiger partial charge in [-0.15, -0.1) is 0 Å². The summed E-state index contributed by atoms with van der Waals surface area (Å²) in [4.78, 5) is 23.2. The van der Waals surface area contributed by atoms with Gasteiger partial charge in [0.05, 0.1) is 5.69 Å². The van der Waals surface area contributed by atoms with Crippen LogP contribution in [0.25, 0.3) is 0 Å². The molecule has 7 heteroatoms. The summed E-state index contributed by atoms with van der Waals surface area (Å²) >= 11 is 2.92. The van der Waals surface area contributed by atoms with Crippen molar-refractivity contribution in [3.63, 3.8) is 0 Å². The SMILES string of the molecule is CC(C)(C)C(C(=O)O)C(=O)Nc1c(F)cc(F)cc1Br. The highest BCUT2D eigenvalue weighted by molar-refractivity contribution is 9.10. The molecule has 0 fully saturated rings. The zero-order chi connectivity index (χ0) is 15.7. The first-order chi connectivity index (χ1) is 9.04. The Morgan fingerprint density at radius 1 is 1.30 bits per heavy atom. The molecular formula is C13H14BrF2NO3. The van der Waals surface area contributed by atoms with E-state index in [2.05, 4.69) is 21.2 Å². The number of amides is 1. The lowest BCUT2D eigenvalue weighted by Gasteiger charge is -2.26. The number of benzene rings is 1. The van der Waals surface area contributed by atoms with Crippen molar-refractivity contribution >= 4 is 33.5 Å². The van der Waals surface area contributed by atoms with Gasteiger partial charge in [-0.3, -0.25) is 9.59 Å². The summed E-state index contributed by atoms with van der Waals surface area (Å²) in [6, 6.07) is 1.58. The molecule has 1 rings (SSSR count). The average molecular weight is 350 g/mol. The van der Waals surface area contributed by atoms with E-state index in [0.717, 1.165) is 6.07 Å². The minimum Gasteiger partial charge on any atom is -0.481 e. The average Bonchev–Trinajstić information content (AvgIpc) is 2.20. The van der Waals surface area contributed by atoms with E-state index in [4.69, 9.17) is 5.11 Å². The highest BCUT2D eigenvalue weighted by atomic mass is 79.9. The van der Waals surface area contributed by atoms with Crippen LogP contribution in [0.3, 0.4) is 0 Å². The highest BCUT2D eigenvalue weighted by Crippen LogP contribution is 2.31. The van der Waals surface area contributed by atoms with Gasteiger partial charge in [-0.1, -0.05) is 20.8 Å². The van der Waals surface area contributed by atoms with Gasteiger partial charge in [-0.2, -0.15) is 0 Å². The number of carbonyl (C=O) groups is 2. The Labute approximate surface area is 123 Å². The van der Waals surface area contributed by atoms with Crippen LogP contribution < -0.4 is 5.32 Å². The van der Waals surface area contributed by atoms with E-state index in [0.29, 0.717) is 6.07 Å². The number of aliphatic carboxylic acids is 1. The standard InChI is InChI=1S/C13H14BrF2NO3/c1-13(2,3)9(12(19)20)11(18)17-10-7(14)4-6(15)5-8(10)16/h4-5,9H,1-3H3,(H,17,18)(H,19,20). The van der Waals surface area contributed by atoms with Gasteiger partial charge in [-0.05, 0) is 27.4 Å². The predicted octanol–water partition coefficient (Wildman–Crippen LogP) is 3.41. The summed E-state index contributed by atoms with van der Waals surface area (Å²) in [6.45, 7) is 4.75. The quantitative estimate of drug-likeness (QED) is 0.821. The number of carbonyl (C=O) groups excluding carboxylic acids is 1. The molecule has 2 N–H and O–H groups in total. The van der Waals surface area contributed by atoms with E-state index in [1.165, 1.54) is 0 Å². The van der Waals surface area contributed by atoms with Crippen molar-refractivity contribution in [2.75, 3.05) is 5.32 Å². The number of rotatable bonds is 3. The minimum absolute atomic E-state index is 0.00129. The summed E-state index contributed by atoms with van der Waals surface area (Å²) in [6.07, 6.45) is 0. The van der Waals surface area contributed by atoms with Crippen LogP contribution in [0.15, 0.2) is 16.6 Å². The molecule has 0 spiro atoms. The second kappa shape index (κ2) is 5.87. The van der Waals surface area contributed by atoms with Gasteiger partial charge in [0.1, 0.15) is 11.7 Å². The maximum absolute atomic E-state index is 13.6. The molecular weight excluding hydrogens is 336 g/mol. The lowest BCUT2D eigenvalue weighted by atomic mass is 9.80. The maximum atomic E-state index is 13.6. The van der Waals surface area contributed by atoms with E-state index in [9.17, 15) is 18.4 Å². The van der Waals surface area contributed by atoms with E-state index in [-0.39, 0.29) is 10.2 Å². The molecule has 0 aromatic heterocycles. The summed E-state index contributed by atoms with van der Waals surface area (Å²) in [5, 5.41) is 11.3. The first-order valence-electron chi connectivity index (χ1n) is 5.72. The normalized spacial score (nSPS) is 12.9. The van der Waals surface area contributed by atoms with Crippen molar-refractivity contribution in [1.82, 2.24) is 0 Å². The second-order valence-electron chi connectivity index (χ2n) is 5.37. The third-order valence-corrected chi connectivity index (χ3v) is 3.26. The monoisotopic (exact) mass is 349 g/mol. The largest absolute Gasteiger partial charge is 0.481 e. The van der Waals surface area contributed by atoms with Gasteiger partial charge in [0.15, 0.2) is 5.82 Å². The number of carboxylic acids is 1. The summed E-state index contributed by atoms with van der Waals surface area (Å²) in [7, 11) is 0. The van der Waals surface area contributed by atoms with Crippen molar-refractivity contribution in [2.24, 2.45) is 11.3 Å². The number of anilines is 1. The highest BCUT2D eigenvalue weighted by Gasteiger charge is 2.38. The van der Waals surface area contributed by atoms with Crippen LogP contribution >= 0.6 is 15.9 Å². The maximum Gasteiger partial charge on any atom is 0.316 e. The Morgan fingerprint density at radius 3 is 2.25 bits per heavy atom. The molecule has 1 amide bonds. The molecule has 1 atom stereocenters. The summed E-state index contributed by atoms with van der Waals surface area (Å²) in [5.74, 6) is -5.33. The second-order valence-corrected chi connectivity index (χ2v) is 6.23. The van der Waals surface area contributed by atoms with Crippen LogP contribution in [0.2, 0.25) is 0 Å². The molecule has 20 heavy (non-hydrogen) atoms. The molecule has 1 aromatic rings. The van der Waals surface area contributed by atoms with Gasteiger partial charge in [-0.25, -0.2) is 8.78 Å². The summed E-state index contributed by atoms with van der Waals surface area (Å²) in [5.41, 5.74) is -1.13. The fraction of sp³-hybridized carbons (Fsp3) is 0.385. The Bertz CT molecular complexity index is 532. The zero-order valence-electron chi connectivity index (χ0n) is 11.1. The van der Waals surface area contributed by atoms with Crippen LogP contribution in [0.1, 0.15) is 20.8 Å².